The van der Waals surface area contributed by atoms with Crippen molar-refractivity contribution < 1.29 is 18.3 Å². The molecule has 0 unspecified atom stereocenters. The second-order valence-corrected chi connectivity index (χ2v) is 8.11. The molecule has 2 aromatic rings. The molecule has 1 saturated heterocycles. The summed E-state index contributed by atoms with van der Waals surface area (Å²) in [6, 6.07) is 6.30. The van der Waals surface area contributed by atoms with Crippen LogP contribution >= 0.6 is 0 Å². The number of benzene rings is 1. The minimum Gasteiger partial charge on any atom is -0.478 e. The van der Waals surface area contributed by atoms with Crippen molar-refractivity contribution in [3.63, 3.8) is 0 Å². The van der Waals surface area contributed by atoms with Crippen molar-refractivity contribution in [1.29, 1.82) is 0 Å². The Morgan fingerprint density at radius 2 is 1.92 bits per heavy atom. The van der Waals surface area contributed by atoms with Gasteiger partial charge in [-0.15, -0.1) is 0 Å². The van der Waals surface area contributed by atoms with Crippen molar-refractivity contribution in [1.82, 2.24) is 9.88 Å². The van der Waals surface area contributed by atoms with Gasteiger partial charge >= 0.3 is 5.97 Å². The lowest BCUT2D eigenvalue weighted by molar-refractivity contribution is 0.0699. The summed E-state index contributed by atoms with van der Waals surface area (Å²) in [5, 5.41) is 10.0. The third kappa shape index (κ3) is 4.05. The minimum absolute atomic E-state index is 0.111. The third-order valence-electron chi connectivity index (χ3n) is 4.47. The Bertz CT molecular complexity index is 937. The van der Waals surface area contributed by atoms with Gasteiger partial charge in [-0.05, 0) is 30.8 Å². The van der Waals surface area contributed by atoms with Crippen LogP contribution in [0.3, 0.4) is 0 Å². The van der Waals surface area contributed by atoms with Gasteiger partial charge in [0.1, 0.15) is 5.82 Å². The minimum atomic E-state index is -3.44. The van der Waals surface area contributed by atoms with E-state index in [2.05, 4.69) is 26.4 Å². The fourth-order valence-electron chi connectivity index (χ4n) is 3.12. The van der Waals surface area contributed by atoms with Gasteiger partial charge in [0.15, 0.2) is 0 Å². The van der Waals surface area contributed by atoms with Crippen molar-refractivity contribution in [2.45, 2.75) is 6.92 Å². The van der Waals surface area contributed by atoms with Crippen LogP contribution in [0.4, 0.5) is 11.5 Å². The predicted octanol–water partition coefficient (Wildman–Crippen LogP) is 1.45. The van der Waals surface area contributed by atoms with Gasteiger partial charge in [0.2, 0.25) is 10.0 Å². The summed E-state index contributed by atoms with van der Waals surface area (Å²) < 4.78 is 25.2. The van der Waals surface area contributed by atoms with Crippen LogP contribution in [0, 0.1) is 0 Å². The van der Waals surface area contributed by atoms with Crippen LogP contribution in [0.15, 0.2) is 24.3 Å². The molecule has 0 amide bonds. The molecule has 0 aliphatic carbocycles. The van der Waals surface area contributed by atoms with E-state index in [1.54, 1.807) is 18.2 Å². The van der Waals surface area contributed by atoms with E-state index in [9.17, 15) is 18.3 Å². The molecule has 0 atom stereocenters. The van der Waals surface area contributed by atoms with Crippen LogP contribution in [0.1, 0.15) is 17.3 Å². The molecule has 2 N–H and O–H groups in total. The van der Waals surface area contributed by atoms with Crippen LogP contribution in [-0.2, 0) is 10.0 Å². The predicted molar refractivity (Wildman–Crippen MR) is 101 cm³/mol. The molecule has 0 spiro atoms. The number of carboxylic acids is 1. The van der Waals surface area contributed by atoms with Crippen molar-refractivity contribution in [2.24, 2.45) is 0 Å². The molecule has 1 aliphatic rings. The Hall–Kier alpha value is -2.39. The molecule has 0 radical (unpaired) electrons. The lowest BCUT2D eigenvalue weighted by Gasteiger charge is -2.35. The van der Waals surface area contributed by atoms with Crippen molar-refractivity contribution in [2.75, 3.05) is 48.6 Å². The van der Waals surface area contributed by atoms with Gasteiger partial charge in [0, 0.05) is 37.3 Å². The molecule has 140 valence electrons. The normalized spacial score (nSPS) is 16.0. The highest BCUT2D eigenvalue weighted by molar-refractivity contribution is 7.92. The quantitative estimate of drug-likeness (QED) is 0.812. The molecular formula is C17H22N4O4S. The molecule has 3 rings (SSSR count). The van der Waals surface area contributed by atoms with Crippen LogP contribution in [0.2, 0.25) is 0 Å². The number of nitrogens with one attached hydrogen (secondary N) is 1. The number of rotatable bonds is 5. The van der Waals surface area contributed by atoms with Crippen molar-refractivity contribution in [3.05, 3.63) is 29.8 Å². The molecule has 1 aliphatic heterocycles. The van der Waals surface area contributed by atoms with Gasteiger partial charge in [-0.2, -0.15) is 0 Å². The molecule has 0 saturated carbocycles. The highest BCUT2D eigenvalue weighted by Crippen LogP contribution is 2.27. The summed E-state index contributed by atoms with van der Waals surface area (Å²) >= 11 is 0. The summed E-state index contributed by atoms with van der Waals surface area (Å²) in [4.78, 5) is 20.8. The highest BCUT2D eigenvalue weighted by Gasteiger charge is 2.20. The number of pyridine rings is 1. The number of carboxylic acid groups (broad SMARTS) is 1. The van der Waals surface area contributed by atoms with E-state index in [1.165, 1.54) is 6.07 Å². The first-order valence-electron chi connectivity index (χ1n) is 8.40. The smallest absolute Gasteiger partial charge is 0.336 e. The number of aromatic nitrogens is 1. The van der Waals surface area contributed by atoms with E-state index in [-0.39, 0.29) is 5.56 Å². The van der Waals surface area contributed by atoms with E-state index in [4.69, 9.17) is 0 Å². The lowest BCUT2D eigenvalue weighted by atomic mass is 10.1. The fourth-order valence-corrected chi connectivity index (χ4v) is 3.68. The SMILES string of the molecule is CCN1CCN(c2cc(C(=O)O)c3cc(NS(C)(=O)=O)ccc3n2)CC1. The van der Waals surface area contributed by atoms with Crippen molar-refractivity contribution >= 4 is 38.4 Å². The molecule has 8 nitrogen and oxygen atoms in total. The van der Waals surface area contributed by atoms with Crippen molar-refractivity contribution in [3.8, 4) is 0 Å². The maximum Gasteiger partial charge on any atom is 0.336 e. The Labute approximate surface area is 152 Å². The summed E-state index contributed by atoms with van der Waals surface area (Å²) in [7, 11) is -3.44. The zero-order chi connectivity index (χ0) is 18.9. The summed E-state index contributed by atoms with van der Waals surface area (Å²) in [5.41, 5.74) is 0.950. The van der Waals surface area contributed by atoms with E-state index in [0.717, 1.165) is 39.0 Å². The largest absolute Gasteiger partial charge is 0.478 e. The van der Waals surface area contributed by atoms with E-state index >= 15 is 0 Å². The zero-order valence-corrected chi connectivity index (χ0v) is 15.6. The topological polar surface area (TPSA) is 103 Å². The van der Waals surface area contributed by atoms with Crippen LogP contribution in [0.25, 0.3) is 10.9 Å². The second kappa shape index (κ2) is 7.08. The first-order chi connectivity index (χ1) is 12.3. The number of sulfonamides is 1. The van der Waals surface area contributed by atoms with Gasteiger partial charge in [0.25, 0.3) is 0 Å². The summed E-state index contributed by atoms with van der Waals surface area (Å²) in [6.45, 7) is 6.52. The Balaban J connectivity index is 2.00. The maximum absolute atomic E-state index is 11.8. The monoisotopic (exact) mass is 378 g/mol. The van der Waals surface area contributed by atoms with Crippen LogP contribution in [0.5, 0.6) is 0 Å². The Morgan fingerprint density at radius 3 is 2.50 bits per heavy atom. The van der Waals surface area contributed by atoms with E-state index < -0.39 is 16.0 Å². The Kier molecular flexibility index (Phi) is 5.01. The highest BCUT2D eigenvalue weighted by atomic mass is 32.2. The first-order valence-corrected chi connectivity index (χ1v) is 10.3. The molecule has 9 heteroatoms. The molecule has 2 heterocycles. The molecule has 1 aromatic carbocycles. The zero-order valence-electron chi connectivity index (χ0n) is 14.8. The average molecular weight is 378 g/mol. The number of fused-ring (bicyclic) bond motifs is 1. The van der Waals surface area contributed by atoms with Gasteiger partial charge in [-0.25, -0.2) is 18.2 Å². The van der Waals surface area contributed by atoms with Gasteiger partial charge in [-0.3, -0.25) is 4.72 Å². The number of carbonyl (C=O) groups is 1. The lowest BCUT2D eigenvalue weighted by Crippen LogP contribution is -2.46. The third-order valence-corrected chi connectivity index (χ3v) is 5.08. The molecular weight excluding hydrogens is 356 g/mol. The van der Waals surface area contributed by atoms with Gasteiger partial charge in [-0.1, -0.05) is 6.92 Å². The molecule has 0 bridgehead atoms. The Morgan fingerprint density at radius 1 is 1.23 bits per heavy atom. The number of likely N-dealkylation sites (N-methyl/N-ethyl adjacent to an activating group) is 1. The van der Waals surface area contributed by atoms with Crippen LogP contribution < -0.4 is 9.62 Å². The number of piperazine rings is 1. The first kappa shape index (κ1) is 18.4. The molecule has 1 fully saturated rings. The van der Waals surface area contributed by atoms with Gasteiger partial charge in [0.05, 0.1) is 17.3 Å². The fraction of sp³-hybridized carbons (Fsp3) is 0.412. The molecule has 1 aromatic heterocycles. The average Bonchev–Trinajstić information content (AvgIpc) is 2.59. The standard InChI is InChI=1S/C17H22N4O4S/c1-3-20-6-8-21(9-7-20)16-11-14(17(22)23)13-10-12(19-26(2,24)25)4-5-15(13)18-16/h4-5,10-11,19H,3,6-9H2,1-2H3,(H,22,23). The van der Waals surface area contributed by atoms with E-state index in [0.29, 0.717) is 22.4 Å². The van der Waals surface area contributed by atoms with Crippen LogP contribution in [-0.4, -0.2) is 68.4 Å². The van der Waals surface area contributed by atoms with E-state index in [1.807, 2.05) is 0 Å². The number of hydrogen-bond donors (Lipinski definition) is 2. The number of aromatic carboxylic acids is 1. The number of hydrogen-bond acceptors (Lipinski definition) is 6. The maximum atomic E-state index is 11.8. The summed E-state index contributed by atoms with van der Waals surface area (Å²) in [6.07, 6.45) is 1.05. The second-order valence-electron chi connectivity index (χ2n) is 6.36. The summed E-state index contributed by atoms with van der Waals surface area (Å²) in [5.74, 6) is -0.433. The van der Waals surface area contributed by atoms with Gasteiger partial charge < -0.3 is 14.9 Å². The molecule has 26 heavy (non-hydrogen) atoms. The number of nitrogens with zero attached hydrogens (tertiary/aromatic N) is 3. The number of anilines is 2.